The van der Waals surface area contributed by atoms with Crippen molar-refractivity contribution in [1.82, 2.24) is 0 Å². The van der Waals surface area contributed by atoms with Crippen molar-refractivity contribution in [2.45, 2.75) is 91.8 Å². The van der Waals surface area contributed by atoms with Crippen molar-refractivity contribution >= 4 is 17.7 Å². The van der Waals surface area contributed by atoms with Crippen LogP contribution >= 0.6 is 0 Å². The molecule has 0 aromatic heterocycles. The van der Waals surface area contributed by atoms with Gasteiger partial charge in [0.2, 0.25) is 0 Å². The minimum absolute atomic E-state index is 0.00225. The topological polar surface area (TPSA) is 69.7 Å². The third-order valence-electron chi connectivity index (χ3n) is 8.68. The molecular formula is C25H34O5. The van der Waals surface area contributed by atoms with E-state index in [1.54, 1.807) is 6.92 Å². The lowest BCUT2D eigenvalue weighted by atomic mass is 9.52. The van der Waals surface area contributed by atoms with Gasteiger partial charge in [-0.15, -0.1) is 0 Å². The molecule has 0 unspecified atom stereocenters. The van der Waals surface area contributed by atoms with Crippen LogP contribution in [0.5, 0.6) is 0 Å². The summed E-state index contributed by atoms with van der Waals surface area (Å²) in [6.07, 6.45) is 8.37. The van der Waals surface area contributed by atoms with Gasteiger partial charge < -0.3 is 9.47 Å². The summed E-state index contributed by atoms with van der Waals surface area (Å²) in [5.74, 6) is 0.521. The standard InChI is InChI=1S/C25H34O5/c1-14(26)25(5)22-9-8-21-19(20(22)13-23(25)30-16(3)28)7-6-17-12-18(29-15(2)27)10-11-24(17,21)4/h6,18-19,21,23H,7-13H2,1-5H3/t18-,19-,21-,23+,24-,25-/m0/s1. The molecule has 0 amide bonds. The van der Waals surface area contributed by atoms with Gasteiger partial charge in [-0.1, -0.05) is 29.7 Å². The summed E-state index contributed by atoms with van der Waals surface area (Å²) in [5.41, 5.74) is 3.47. The highest BCUT2D eigenvalue weighted by atomic mass is 16.5. The monoisotopic (exact) mass is 414 g/mol. The average molecular weight is 415 g/mol. The second-order valence-corrected chi connectivity index (χ2v) is 10.2. The summed E-state index contributed by atoms with van der Waals surface area (Å²) >= 11 is 0. The highest BCUT2D eigenvalue weighted by Gasteiger charge is 2.57. The molecule has 6 atom stereocenters. The smallest absolute Gasteiger partial charge is 0.302 e. The lowest BCUT2D eigenvalue weighted by Gasteiger charge is -2.53. The molecule has 1 fully saturated rings. The molecule has 4 aliphatic carbocycles. The molecule has 0 spiro atoms. The quantitative estimate of drug-likeness (QED) is 0.495. The number of carbonyl (C=O) groups excluding carboxylic acids is 3. The Bertz CT molecular complexity index is 852. The number of fused-ring (bicyclic) bond motifs is 4. The van der Waals surface area contributed by atoms with Crippen LogP contribution in [0.2, 0.25) is 0 Å². The SMILES string of the molecule is CC(=O)O[C@H]1CC[C@@]2(C)C(=CC[C@H]3C4=C(CC[C@@H]32)[C@](C)(C(C)=O)[C@H](OC(C)=O)C4)C1. The number of carbonyl (C=O) groups is 3. The van der Waals surface area contributed by atoms with Gasteiger partial charge in [0.25, 0.3) is 0 Å². The van der Waals surface area contributed by atoms with E-state index in [4.69, 9.17) is 9.47 Å². The molecule has 1 saturated carbocycles. The Hall–Kier alpha value is -1.91. The molecule has 4 rings (SSSR count). The van der Waals surface area contributed by atoms with Crippen molar-refractivity contribution < 1.29 is 23.9 Å². The van der Waals surface area contributed by atoms with Crippen molar-refractivity contribution in [3.05, 3.63) is 22.8 Å². The minimum Gasteiger partial charge on any atom is -0.462 e. The molecule has 0 aromatic rings. The Morgan fingerprint density at radius 3 is 2.33 bits per heavy atom. The highest BCUT2D eigenvalue weighted by molar-refractivity contribution is 5.88. The normalized spacial score (nSPS) is 40.0. The van der Waals surface area contributed by atoms with Crippen molar-refractivity contribution in [2.75, 3.05) is 0 Å². The van der Waals surface area contributed by atoms with E-state index in [0.717, 1.165) is 38.5 Å². The Kier molecular flexibility index (Phi) is 5.22. The Labute approximate surface area is 179 Å². The predicted molar refractivity (Wildman–Crippen MR) is 112 cm³/mol. The molecule has 164 valence electrons. The Balaban J connectivity index is 1.65. The van der Waals surface area contributed by atoms with Crippen LogP contribution < -0.4 is 0 Å². The van der Waals surface area contributed by atoms with E-state index in [1.807, 2.05) is 6.92 Å². The summed E-state index contributed by atoms with van der Waals surface area (Å²) in [6, 6.07) is 0. The van der Waals surface area contributed by atoms with Crippen LogP contribution in [-0.2, 0) is 23.9 Å². The molecule has 0 aliphatic heterocycles. The maximum atomic E-state index is 12.7. The Morgan fingerprint density at radius 1 is 1.00 bits per heavy atom. The van der Waals surface area contributed by atoms with E-state index in [-0.39, 0.29) is 35.3 Å². The van der Waals surface area contributed by atoms with Gasteiger partial charge in [-0.3, -0.25) is 14.4 Å². The molecule has 4 aliphatic rings. The van der Waals surface area contributed by atoms with Crippen LogP contribution in [0.1, 0.15) is 79.6 Å². The third kappa shape index (κ3) is 3.16. The summed E-state index contributed by atoms with van der Waals surface area (Å²) in [4.78, 5) is 35.9. The third-order valence-corrected chi connectivity index (χ3v) is 8.68. The van der Waals surface area contributed by atoms with Gasteiger partial charge >= 0.3 is 11.9 Å². The number of ether oxygens (including phenoxy) is 2. The molecule has 30 heavy (non-hydrogen) atoms. The first-order valence-electron chi connectivity index (χ1n) is 11.3. The van der Waals surface area contributed by atoms with Gasteiger partial charge in [-0.25, -0.2) is 0 Å². The number of esters is 2. The number of rotatable bonds is 3. The van der Waals surface area contributed by atoms with Crippen LogP contribution in [0.4, 0.5) is 0 Å². The zero-order valence-corrected chi connectivity index (χ0v) is 18.9. The van der Waals surface area contributed by atoms with Crippen LogP contribution in [0, 0.1) is 22.7 Å². The number of hydrogen-bond acceptors (Lipinski definition) is 5. The van der Waals surface area contributed by atoms with Gasteiger partial charge in [0.05, 0.1) is 5.41 Å². The van der Waals surface area contributed by atoms with Gasteiger partial charge in [0, 0.05) is 26.7 Å². The first-order valence-corrected chi connectivity index (χ1v) is 11.3. The summed E-state index contributed by atoms with van der Waals surface area (Å²) in [6.45, 7) is 8.91. The number of ketones is 1. The lowest BCUT2D eigenvalue weighted by Crippen LogP contribution is -2.45. The zero-order valence-electron chi connectivity index (χ0n) is 18.9. The summed E-state index contributed by atoms with van der Waals surface area (Å²) in [7, 11) is 0. The fraction of sp³-hybridized carbons (Fsp3) is 0.720. The van der Waals surface area contributed by atoms with Crippen LogP contribution in [-0.4, -0.2) is 29.9 Å². The number of allylic oxidation sites excluding steroid dienone is 1. The lowest BCUT2D eigenvalue weighted by molar-refractivity contribution is -0.153. The van der Waals surface area contributed by atoms with Crippen molar-refractivity contribution in [2.24, 2.45) is 22.7 Å². The molecule has 0 heterocycles. The second-order valence-electron chi connectivity index (χ2n) is 10.2. The largest absolute Gasteiger partial charge is 0.462 e. The maximum absolute atomic E-state index is 12.7. The van der Waals surface area contributed by atoms with Gasteiger partial charge in [0.1, 0.15) is 18.0 Å². The molecule has 0 saturated heterocycles. The highest BCUT2D eigenvalue weighted by Crippen LogP contribution is 2.62. The van der Waals surface area contributed by atoms with Gasteiger partial charge in [-0.2, -0.15) is 0 Å². The van der Waals surface area contributed by atoms with Crippen molar-refractivity contribution in [3.63, 3.8) is 0 Å². The van der Waals surface area contributed by atoms with Crippen molar-refractivity contribution in [3.8, 4) is 0 Å². The number of Topliss-reactive ketones (excluding diaryl/α,β-unsaturated/α-hetero) is 1. The van der Waals surface area contributed by atoms with E-state index in [0.29, 0.717) is 18.3 Å². The molecule has 0 radical (unpaired) electrons. The Morgan fingerprint density at radius 2 is 1.70 bits per heavy atom. The summed E-state index contributed by atoms with van der Waals surface area (Å²) < 4.78 is 11.2. The van der Waals surface area contributed by atoms with Gasteiger partial charge in [-0.05, 0) is 63.2 Å². The van der Waals surface area contributed by atoms with Crippen molar-refractivity contribution in [1.29, 1.82) is 0 Å². The maximum Gasteiger partial charge on any atom is 0.302 e. The fourth-order valence-corrected chi connectivity index (χ4v) is 7.01. The molecule has 5 heteroatoms. The second kappa shape index (κ2) is 7.35. The molecule has 0 bridgehead atoms. The van der Waals surface area contributed by atoms with E-state index in [2.05, 4.69) is 13.0 Å². The van der Waals surface area contributed by atoms with E-state index in [9.17, 15) is 14.4 Å². The number of hydrogen-bond donors (Lipinski definition) is 0. The minimum atomic E-state index is -0.691. The van der Waals surface area contributed by atoms with Crippen LogP contribution in [0.3, 0.4) is 0 Å². The van der Waals surface area contributed by atoms with Crippen LogP contribution in [0.15, 0.2) is 22.8 Å². The predicted octanol–water partition coefficient (Wildman–Crippen LogP) is 4.69. The molecule has 0 aromatic carbocycles. The molecular weight excluding hydrogens is 380 g/mol. The summed E-state index contributed by atoms with van der Waals surface area (Å²) in [5, 5.41) is 0. The first kappa shape index (κ1) is 21.3. The van der Waals surface area contributed by atoms with E-state index >= 15 is 0 Å². The molecule has 0 N–H and O–H groups in total. The average Bonchev–Trinajstić information content (AvgIpc) is 2.94. The zero-order chi connectivity index (χ0) is 21.8. The van der Waals surface area contributed by atoms with Crippen LogP contribution in [0.25, 0.3) is 0 Å². The first-order chi connectivity index (χ1) is 14.1. The molecule has 5 nitrogen and oxygen atoms in total. The fourth-order valence-electron chi connectivity index (χ4n) is 7.01. The van der Waals surface area contributed by atoms with Gasteiger partial charge in [0.15, 0.2) is 0 Å². The van der Waals surface area contributed by atoms with E-state index < -0.39 is 5.41 Å². The van der Waals surface area contributed by atoms with E-state index in [1.165, 1.54) is 30.6 Å².